The lowest BCUT2D eigenvalue weighted by molar-refractivity contribution is 0.495. The quantitative estimate of drug-likeness (QED) is 0.656. The Balaban J connectivity index is 2.84. The monoisotopic (exact) mass is 233 g/mol. The Bertz CT molecular complexity index is 360. The van der Waals surface area contributed by atoms with Gasteiger partial charge in [-0.2, -0.15) is 0 Å². The second-order valence-electron chi connectivity index (χ2n) is 4.11. The molecule has 0 amide bonds. The van der Waals surface area contributed by atoms with Crippen molar-refractivity contribution < 1.29 is 0 Å². The van der Waals surface area contributed by atoms with Gasteiger partial charge in [-0.15, -0.1) is 11.3 Å². The smallest absolute Gasteiger partial charge is 0.0961 e. The molecule has 0 aliphatic rings. The molecule has 16 heavy (non-hydrogen) atoms. The molecular formula is C14H19NS. The summed E-state index contributed by atoms with van der Waals surface area (Å²) in [6.45, 7) is 12.0. The maximum absolute atomic E-state index is 4.42. The molecule has 0 aliphatic heterocycles. The molecule has 0 saturated heterocycles. The minimum absolute atomic E-state index is 0.476. The number of hydrogen-bond donors (Lipinski definition) is 0. The van der Waals surface area contributed by atoms with E-state index < -0.39 is 0 Å². The summed E-state index contributed by atoms with van der Waals surface area (Å²) in [5.74, 6) is 1.06. The molecule has 86 valence electrons. The topological polar surface area (TPSA) is 12.9 Å². The summed E-state index contributed by atoms with van der Waals surface area (Å²) < 4.78 is 0. The van der Waals surface area contributed by atoms with Gasteiger partial charge in [0.2, 0.25) is 0 Å². The predicted octanol–water partition coefficient (Wildman–Crippen LogP) is 4.57. The Labute approximate surface area is 102 Å². The molecule has 0 N–H and O–H groups in total. The third-order valence-corrected chi connectivity index (χ3v) is 3.53. The van der Waals surface area contributed by atoms with Crippen molar-refractivity contribution in [2.45, 2.75) is 26.2 Å². The summed E-state index contributed by atoms with van der Waals surface area (Å²) in [5, 5.41) is 3.25. The van der Waals surface area contributed by atoms with Crippen molar-refractivity contribution in [3.63, 3.8) is 0 Å². The van der Waals surface area contributed by atoms with E-state index in [0.717, 1.165) is 6.42 Å². The van der Waals surface area contributed by atoms with Crippen LogP contribution < -0.4 is 0 Å². The van der Waals surface area contributed by atoms with Gasteiger partial charge >= 0.3 is 0 Å². The number of nitrogens with zero attached hydrogens (tertiary/aromatic N) is 1. The van der Waals surface area contributed by atoms with E-state index in [1.807, 2.05) is 29.8 Å². The third kappa shape index (κ3) is 3.46. The predicted molar refractivity (Wildman–Crippen MR) is 72.8 cm³/mol. The molecule has 1 heterocycles. The Kier molecular flexibility index (Phi) is 5.20. The first-order valence-electron chi connectivity index (χ1n) is 5.52. The number of allylic oxidation sites excluding steroid dienone is 4. The van der Waals surface area contributed by atoms with Gasteiger partial charge in [0.25, 0.3) is 0 Å². The lowest BCUT2D eigenvalue weighted by Gasteiger charge is -2.18. The van der Waals surface area contributed by atoms with E-state index in [0.29, 0.717) is 11.8 Å². The van der Waals surface area contributed by atoms with Crippen LogP contribution in [0.2, 0.25) is 0 Å². The highest BCUT2D eigenvalue weighted by molar-refractivity contribution is 7.09. The zero-order chi connectivity index (χ0) is 12.0. The first-order chi connectivity index (χ1) is 7.69. The highest BCUT2D eigenvalue weighted by atomic mass is 32.1. The van der Waals surface area contributed by atoms with E-state index >= 15 is 0 Å². The van der Waals surface area contributed by atoms with E-state index in [9.17, 15) is 0 Å². The molecule has 1 rings (SSSR count). The maximum Gasteiger partial charge on any atom is 0.0961 e. The van der Waals surface area contributed by atoms with E-state index in [1.165, 1.54) is 10.6 Å². The summed E-state index contributed by atoms with van der Waals surface area (Å²) in [6.07, 6.45) is 8.61. The molecule has 1 unspecified atom stereocenters. The molecule has 0 fully saturated rings. The van der Waals surface area contributed by atoms with Crippen LogP contribution in [0.15, 0.2) is 48.5 Å². The van der Waals surface area contributed by atoms with Gasteiger partial charge < -0.3 is 0 Å². The van der Waals surface area contributed by atoms with Crippen LogP contribution >= 0.6 is 11.3 Å². The third-order valence-electron chi connectivity index (χ3n) is 2.62. The van der Waals surface area contributed by atoms with E-state index in [2.05, 4.69) is 32.0 Å². The van der Waals surface area contributed by atoms with Crippen LogP contribution in [0, 0.1) is 5.92 Å². The van der Waals surface area contributed by atoms with Gasteiger partial charge in [0.15, 0.2) is 0 Å². The molecule has 0 radical (unpaired) electrons. The number of hydrogen-bond acceptors (Lipinski definition) is 2. The fraction of sp³-hybridized carbons (Fsp3) is 0.357. The van der Waals surface area contributed by atoms with Crippen molar-refractivity contribution in [3.05, 3.63) is 53.5 Å². The number of thiazole rings is 1. The summed E-state index contributed by atoms with van der Waals surface area (Å²) in [6, 6.07) is 0. The highest BCUT2D eigenvalue weighted by Crippen LogP contribution is 2.32. The largest absolute Gasteiger partial charge is 0.249 e. The van der Waals surface area contributed by atoms with Crippen LogP contribution in [0.1, 0.15) is 31.2 Å². The average Bonchev–Trinajstić information content (AvgIpc) is 2.76. The Morgan fingerprint density at radius 2 is 2.25 bits per heavy atom. The number of aromatic nitrogens is 1. The van der Waals surface area contributed by atoms with Crippen LogP contribution in [0.3, 0.4) is 0 Å². The van der Waals surface area contributed by atoms with Crippen LogP contribution in [0.4, 0.5) is 0 Å². The minimum Gasteiger partial charge on any atom is -0.249 e. The second-order valence-corrected chi connectivity index (χ2v) is 5.03. The van der Waals surface area contributed by atoms with Gasteiger partial charge in [0, 0.05) is 17.5 Å². The van der Waals surface area contributed by atoms with E-state index in [1.54, 1.807) is 11.3 Å². The normalized spacial score (nSPS) is 13.8. The summed E-state index contributed by atoms with van der Waals surface area (Å²) in [5.41, 5.74) is 1.23. The molecule has 2 heteroatoms. The van der Waals surface area contributed by atoms with Gasteiger partial charge in [0.1, 0.15) is 0 Å². The molecule has 1 nitrogen and oxygen atoms in total. The molecule has 1 aromatic rings. The number of rotatable bonds is 6. The second kappa shape index (κ2) is 6.44. The zero-order valence-electron chi connectivity index (χ0n) is 10.0. The van der Waals surface area contributed by atoms with Crippen LogP contribution in [-0.4, -0.2) is 4.98 Å². The Morgan fingerprint density at radius 1 is 1.50 bits per heavy atom. The van der Waals surface area contributed by atoms with Crippen molar-refractivity contribution in [1.29, 1.82) is 0 Å². The van der Waals surface area contributed by atoms with Crippen molar-refractivity contribution in [1.82, 2.24) is 4.98 Å². The molecular weight excluding hydrogens is 214 g/mol. The lowest BCUT2D eigenvalue weighted by atomic mass is 9.89. The summed E-state index contributed by atoms with van der Waals surface area (Å²) in [7, 11) is 0. The molecule has 0 saturated carbocycles. The van der Waals surface area contributed by atoms with Crippen molar-refractivity contribution >= 4 is 11.3 Å². The molecule has 0 aromatic carbocycles. The zero-order valence-corrected chi connectivity index (χ0v) is 10.8. The molecule has 0 spiro atoms. The van der Waals surface area contributed by atoms with Crippen LogP contribution in [-0.2, 0) is 0 Å². The SMILES string of the molecule is C=C/C=C(\C=C)CC(c1nccs1)C(C)C. The van der Waals surface area contributed by atoms with Gasteiger partial charge in [0.05, 0.1) is 5.01 Å². The molecule has 0 bridgehead atoms. The van der Waals surface area contributed by atoms with Gasteiger partial charge in [-0.25, -0.2) is 4.98 Å². The van der Waals surface area contributed by atoms with Crippen molar-refractivity contribution in [2.24, 2.45) is 5.92 Å². The lowest BCUT2D eigenvalue weighted by Crippen LogP contribution is -2.07. The fourth-order valence-electron chi connectivity index (χ4n) is 1.65. The van der Waals surface area contributed by atoms with Crippen LogP contribution in [0.5, 0.6) is 0 Å². The maximum atomic E-state index is 4.42. The minimum atomic E-state index is 0.476. The standard InChI is InChI=1S/C14H19NS/c1-5-7-12(6-2)10-13(11(3)4)14-15-8-9-16-14/h5-9,11,13H,1-2,10H2,3-4H3/b12-7+. The average molecular weight is 233 g/mol. The Hall–Kier alpha value is -1.15. The van der Waals surface area contributed by atoms with E-state index in [-0.39, 0.29) is 0 Å². The van der Waals surface area contributed by atoms with Crippen LogP contribution in [0.25, 0.3) is 0 Å². The summed E-state index contributed by atoms with van der Waals surface area (Å²) in [4.78, 5) is 4.42. The first kappa shape index (κ1) is 12.9. The molecule has 1 atom stereocenters. The van der Waals surface area contributed by atoms with E-state index in [4.69, 9.17) is 0 Å². The summed E-state index contributed by atoms with van der Waals surface area (Å²) >= 11 is 1.73. The molecule has 1 aromatic heterocycles. The Morgan fingerprint density at radius 3 is 2.69 bits per heavy atom. The van der Waals surface area contributed by atoms with Gasteiger partial charge in [-0.05, 0) is 17.9 Å². The fourth-order valence-corrected chi connectivity index (χ4v) is 2.56. The molecule has 0 aliphatic carbocycles. The van der Waals surface area contributed by atoms with Gasteiger partial charge in [-0.1, -0.05) is 45.2 Å². The van der Waals surface area contributed by atoms with Crippen molar-refractivity contribution in [2.75, 3.05) is 0 Å². The van der Waals surface area contributed by atoms with Gasteiger partial charge in [-0.3, -0.25) is 0 Å². The van der Waals surface area contributed by atoms with Crippen molar-refractivity contribution in [3.8, 4) is 0 Å². The first-order valence-corrected chi connectivity index (χ1v) is 6.40. The highest BCUT2D eigenvalue weighted by Gasteiger charge is 2.18.